The number of hydrogen-bond donors (Lipinski definition) is 6. The summed E-state index contributed by atoms with van der Waals surface area (Å²) in [6, 6.07) is -2.29. The molecular formula is C9H16N4O5S. The van der Waals surface area contributed by atoms with Crippen LogP contribution in [0.15, 0.2) is 0 Å². The first kappa shape index (κ1) is 17.2. The lowest BCUT2D eigenvalue weighted by atomic mass is 10.2. The van der Waals surface area contributed by atoms with E-state index in [-0.39, 0.29) is 12.2 Å². The van der Waals surface area contributed by atoms with Crippen LogP contribution in [0.3, 0.4) is 0 Å². The number of hydrogen-bond acceptors (Lipinski definition) is 6. The fraction of sp³-hybridized carbons (Fsp3) is 0.556. The molecule has 0 aromatic rings. The second kappa shape index (κ2) is 8.32. The molecule has 7 N–H and O–H groups in total. The lowest BCUT2D eigenvalue weighted by Gasteiger charge is -2.13. The molecule has 0 bridgehead atoms. The molecule has 10 heteroatoms. The molecule has 0 rings (SSSR count). The molecule has 3 amide bonds. The van der Waals surface area contributed by atoms with Crippen LogP contribution in [0.5, 0.6) is 0 Å². The molecule has 0 spiro atoms. The Morgan fingerprint density at radius 2 is 1.84 bits per heavy atom. The molecule has 0 aliphatic heterocycles. The zero-order chi connectivity index (χ0) is 15.0. The number of thiol groups is 1. The van der Waals surface area contributed by atoms with Crippen molar-refractivity contribution in [3.8, 4) is 0 Å². The highest BCUT2D eigenvalue weighted by atomic mass is 32.1. The summed E-state index contributed by atoms with van der Waals surface area (Å²) in [5, 5.41) is 13.0. The zero-order valence-electron chi connectivity index (χ0n) is 9.96. The Labute approximate surface area is 114 Å². The van der Waals surface area contributed by atoms with Crippen LogP contribution in [0, 0.1) is 0 Å². The Bertz CT molecular complexity index is 376. The van der Waals surface area contributed by atoms with Gasteiger partial charge in [0.25, 0.3) is 0 Å². The van der Waals surface area contributed by atoms with Gasteiger partial charge in [-0.05, 0) is 0 Å². The molecule has 0 heterocycles. The Kier molecular flexibility index (Phi) is 7.53. The molecule has 108 valence electrons. The average molecular weight is 292 g/mol. The van der Waals surface area contributed by atoms with E-state index in [2.05, 4.69) is 23.3 Å². The molecule has 19 heavy (non-hydrogen) atoms. The summed E-state index contributed by atoms with van der Waals surface area (Å²) in [6.45, 7) is -0.456. The number of amides is 3. The van der Waals surface area contributed by atoms with Crippen LogP contribution in [-0.2, 0) is 19.2 Å². The number of carboxylic acid groups (broad SMARTS) is 1. The van der Waals surface area contributed by atoms with Crippen molar-refractivity contribution in [2.75, 3.05) is 12.3 Å². The number of nitrogens with one attached hydrogen (secondary N) is 2. The summed E-state index contributed by atoms with van der Waals surface area (Å²) < 4.78 is 0. The molecule has 2 unspecified atom stereocenters. The first-order chi connectivity index (χ1) is 8.77. The van der Waals surface area contributed by atoms with Crippen molar-refractivity contribution in [2.24, 2.45) is 11.5 Å². The number of carbonyl (C=O) groups excluding carboxylic acids is 3. The summed E-state index contributed by atoms with van der Waals surface area (Å²) in [4.78, 5) is 43.8. The Morgan fingerprint density at radius 1 is 1.26 bits per heavy atom. The van der Waals surface area contributed by atoms with E-state index < -0.39 is 42.3 Å². The van der Waals surface area contributed by atoms with Gasteiger partial charge in [0.05, 0.1) is 19.0 Å². The molecule has 2 atom stereocenters. The molecular weight excluding hydrogens is 276 g/mol. The van der Waals surface area contributed by atoms with Gasteiger partial charge in [0.15, 0.2) is 0 Å². The number of carboxylic acids is 1. The SMILES string of the molecule is NC(=O)CC(N)C(=O)NCC(=O)NC(CS)C(=O)O. The van der Waals surface area contributed by atoms with E-state index >= 15 is 0 Å². The third kappa shape index (κ3) is 7.26. The number of carbonyl (C=O) groups is 4. The smallest absolute Gasteiger partial charge is 0.327 e. The Balaban J connectivity index is 4.12. The van der Waals surface area contributed by atoms with Gasteiger partial charge in [-0.15, -0.1) is 0 Å². The van der Waals surface area contributed by atoms with Crippen LogP contribution in [0.1, 0.15) is 6.42 Å². The van der Waals surface area contributed by atoms with Crippen molar-refractivity contribution < 1.29 is 24.3 Å². The van der Waals surface area contributed by atoms with Gasteiger partial charge in [0, 0.05) is 5.75 Å². The van der Waals surface area contributed by atoms with Crippen LogP contribution in [0.4, 0.5) is 0 Å². The monoisotopic (exact) mass is 292 g/mol. The lowest BCUT2D eigenvalue weighted by Crippen LogP contribution is -2.49. The molecule has 0 radical (unpaired) electrons. The summed E-state index contributed by atoms with van der Waals surface area (Å²) in [7, 11) is 0. The summed E-state index contributed by atoms with van der Waals surface area (Å²) in [6.07, 6.45) is -0.345. The summed E-state index contributed by atoms with van der Waals surface area (Å²) in [5.41, 5.74) is 10.2. The second-order valence-corrected chi connectivity index (χ2v) is 4.00. The third-order valence-electron chi connectivity index (χ3n) is 2.00. The van der Waals surface area contributed by atoms with Crippen molar-refractivity contribution in [1.29, 1.82) is 0 Å². The highest BCUT2D eigenvalue weighted by Gasteiger charge is 2.20. The number of aliphatic carboxylic acids is 1. The molecule has 0 aromatic carbocycles. The van der Waals surface area contributed by atoms with E-state index in [0.717, 1.165) is 0 Å². The van der Waals surface area contributed by atoms with Crippen molar-refractivity contribution >= 4 is 36.3 Å². The predicted molar refractivity (Wildman–Crippen MR) is 68.2 cm³/mol. The van der Waals surface area contributed by atoms with Crippen LogP contribution in [0.25, 0.3) is 0 Å². The average Bonchev–Trinajstić information content (AvgIpc) is 2.31. The number of primary amides is 1. The minimum atomic E-state index is -1.24. The zero-order valence-corrected chi connectivity index (χ0v) is 10.9. The molecule has 0 saturated carbocycles. The van der Waals surface area contributed by atoms with E-state index in [1.165, 1.54) is 0 Å². The summed E-state index contributed by atoms with van der Waals surface area (Å²) >= 11 is 3.75. The predicted octanol–water partition coefficient (Wildman–Crippen LogP) is -3.20. The van der Waals surface area contributed by atoms with E-state index in [4.69, 9.17) is 16.6 Å². The van der Waals surface area contributed by atoms with E-state index in [9.17, 15) is 19.2 Å². The molecule has 0 saturated heterocycles. The number of nitrogens with two attached hydrogens (primary N) is 2. The van der Waals surface area contributed by atoms with Gasteiger partial charge >= 0.3 is 5.97 Å². The van der Waals surface area contributed by atoms with Crippen LogP contribution in [-0.4, -0.2) is 53.2 Å². The highest BCUT2D eigenvalue weighted by Crippen LogP contribution is 1.89. The molecule has 0 aliphatic carbocycles. The molecule has 0 aliphatic rings. The van der Waals surface area contributed by atoms with Crippen molar-refractivity contribution in [3.05, 3.63) is 0 Å². The van der Waals surface area contributed by atoms with E-state index in [0.29, 0.717) is 0 Å². The first-order valence-corrected chi connectivity index (χ1v) is 5.85. The maximum atomic E-state index is 11.3. The standard InChI is InChI=1S/C9H16N4O5S/c10-4(1-6(11)14)8(16)12-2-7(15)13-5(3-19)9(17)18/h4-5,19H,1-3,10H2,(H2,11,14)(H,12,16)(H,13,15)(H,17,18). The van der Waals surface area contributed by atoms with Gasteiger partial charge in [-0.1, -0.05) is 0 Å². The van der Waals surface area contributed by atoms with Gasteiger partial charge in [0.1, 0.15) is 6.04 Å². The van der Waals surface area contributed by atoms with Gasteiger partial charge in [-0.3, -0.25) is 14.4 Å². The molecule has 0 aromatic heterocycles. The third-order valence-corrected chi connectivity index (χ3v) is 2.36. The van der Waals surface area contributed by atoms with E-state index in [1.54, 1.807) is 0 Å². The van der Waals surface area contributed by atoms with Crippen LogP contribution >= 0.6 is 12.6 Å². The van der Waals surface area contributed by atoms with Crippen LogP contribution in [0.2, 0.25) is 0 Å². The summed E-state index contributed by atoms with van der Waals surface area (Å²) in [5.74, 6) is -3.50. The minimum absolute atomic E-state index is 0.0871. The fourth-order valence-corrected chi connectivity index (χ4v) is 1.29. The quantitative estimate of drug-likeness (QED) is 0.258. The maximum absolute atomic E-state index is 11.3. The fourth-order valence-electron chi connectivity index (χ4n) is 1.04. The highest BCUT2D eigenvalue weighted by molar-refractivity contribution is 7.80. The molecule has 0 fully saturated rings. The maximum Gasteiger partial charge on any atom is 0.327 e. The van der Waals surface area contributed by atoms with Crippen molar-refractivity contribution in [3.63, 3.8) is 0 Å². The van der Waals surface area contributed by atoms with Crippen molar-refractivity contribution in [1.82, 2.24) is 10.6 Å². The van der Waals surface area contributed by atoms with Gasteiger partial charge in [-0.25, -0.2) is 4.79 Å². The molecule has 9 nitrogen and oxygen atoms in total. The normalized spacial score (nSPS) is 13.2. The number of rotatable bonds is 8. The van der Waals surface area contributed by atoms with Crippen LogP contribution < -0.4 is 22.1 Å². The van der Waals surface area contributed by atoms with Gasteiger partial charge < -0.3 is 27.2 Å². The van der Waals surface area contributed by atoms with Gasteiger partial charge in [0.2, 0.25) is 17.7 Å². The minimum Gasteiger partial charge on any atom is -0.480 e. The Morgan fingerprint density at radius 3 is 2.26 bits per heavy atom. The lowest BCUT2D eigenvalue weighted by molar-refractivity contribution is -0.141. The van der Waals surface area contributed by atoms with Crippen molar-refractivity contribution in [2.45, 2.75) is 18.5 Å². The second-order valence-electron chi connectivity index (χ2n) is 3.64. The first-order valence-electron chi connectivity index (χ1n) is 5.22. The van der Waals surface area contributed by atoms with E-state index in [1.807, 2.05) is 0 Å². The van der Waals surface area contributed by atoms with Gasteiger partial charge in [-0.2, -0.15) is 12.6 Å². The topological polar surface area (TPSA) is 165 Å². The largest absolute Gasteiger partial charge is 0.480 e. The Hall–Kier alpha value is -1.81.